The average molecular weight is 554 g/mol. The first-order chi connectivity index (χ1) is 19.5. The van der Waals surface area contributed by atoms with E-state index in [0.717, 1.165) is 58.3 Å². The van der Waals surface area contributed by atoms with Gasteiger partial charge in [-0.3, -0.25) is 0 Å². The van der Waals surface area contributed by atoms with Gasteiger partial charge in [-0.25, -0.2) is 9.97 Å². The van der Waals surface area contributed by atoms with Gasteiger partial charge in [0.1, 0.15) is 5.75 Å². The molecule has 0 saturated heterocycles. The highest BCUT2D eigenvalue weighted by Crippen LogP contribution is 2.20. The van der Waals surface area contributed by atoms with Gasteiger partial charge >= 0.3 is 0 Å². The summed E-state index contributed by atoms with van der Waals surface area (Å²) in [6.07, 6.45) is 7.92. The second-order valence-electron chi connectivity index (χ2n) is 8.71. The number of aryl methyl sites for hydroxylation is 5. The summed E-state index contributed by atoms with van der Waals surface area (Å²) in [5.41, 5.74) is 19.9. The van der Waals surface area contributed by atoms with Crippen molar-refractivity contribution in [2.24, 2.45) is 0 Å². The lowest BCUT2D eigenvalue weighted by atomic mass is 10.1. The number of aromatic nitrogens is 2. The molecule has 0 spiro atoms. The largest absolute Gasteiger partial charge is 0.497 e. The van der Waals surface area contributed by atoms with Crippen molar-refractivity contribution in [2.45, 2.75) is 34.6 Å². The molecule has 1 aromatic heterocycles. The molecule has 1 heterocycles. The Morgan fingerprint density at radius 3 is 1.54 bits per heavy atom. The first kappa shape index (κ1) is 35.9. The van der Waals surface area contributed by atoms with Crippen LogP contribution in [0, 0.1) is 50.8 Å². The molecule has 0 fully saturated rings. The number of nitrogen functional groups attached to an aromatic ring is 2. The summed E-state index contributed by atoms with van der Waals surface area (Å²) >= 11 is 0. The average Bonchev–Trinajstić information content (AvgIpc) is 2.98. The van der Waals surface area contributed by atoms with Gasteiger partial charge in [-0.15, -0.1) is 0 Å². The minimum absolute atomic E-state index is 0.796. The second kappa shape index (κ2) is 20.8. The fraction of sp³-hybridized carbons (Fsp3) is 0.182. The highest BCUT2D eigenvalue weighted by atomic mass is 16.5. The van der Waals surface area contributed by atoms with Gasteiger partial charge in [-0.1, -0.05) is 54.1 Å². The Kier molecular flexibility index (Phi) is 18.2. The molecule has 4 aromatic rings. The van der Waals surface area contributed by atoms with Gasteiger partial charge in [0, 0.05) is 48.0 Å². The molecule has 8 nitrogen and oxygen atoms in total. The molecule has 0 aliphatic rings. The number of benzene rings is 3. The Morgan fingerprint density at radius 2 is 1.15 bits per heavy atom. The number of hydrogen-bond acceptors (Lipinski definition) is 8. The molecule has 8 heteroatoms. The predicted octanol–water partition coefficient (Wildman–Crippen LogP) is 7.34. The van der Waals surface area contributed by atoms with Crippen LogP contribution in [-0.4, -0.2) is 35.7 Å². The van der Waals surface area contributed by atoms with Crippen LogP contribution in [0.15, 0.2) is 85.7 Å². The number of nitrogens with one attached hydrogen (secondary N) is 3. The van der Waals surface area contributed by atoms with E-state index in [0.29, 0.717) is 0 Å². The van der Waals surface area contributed by atoms with Gasteiger partial charge in [0.15, 0.2) is 5.82 Å². The molecule has 0 saturated carbocycles. The third kappa shape index (κ3) is 15.2. The van der Waals surface area contributed by atoms with Crippen LogP contribution in [0.4, 0.5) is 11.4 Å². The van der Waals surface area contributed by atoms with Gasteiger partial charge in [0.05, 0.1) is 7.11 Å². The van der Waals surface area contributed by atoms with E-state index < -0.39 is 0 Å². The van der Waals surface area contributed by atoms with Crippen LogP contribution in [0.3, 0.4) is 0 Å². The van der Waals surface area contributed by atoms with E-state index in [1.165, 1.54) is 22.8 Å². The van der Waals surface area contributed by atoms with Crippen molar-refractivity contribution in [2.75, 3.05) is 18.6 Å². The molecule has 0 radical (unpaired) electrons. The summed E-state index contributed by atoms with van der Waals surface area (Å²) in [6, 6.07) is 19.8. The van der Waals surface area contributed by atoms with E-state index in [2.05, 4.69) is 61.6 Å². The smallest absolute Gasteiger partial charge is 0.159 e. The van der Waals surface area contributed by atoms with E-state index >= 15 is 0 Å². The topological polar surface area (TPSA) is 159 Å². The molecule has 4 rings (SSSR count). The maximum absolute atomic E-state index is 6.21. The highest BCUT2D eigenvalue weighted by Gasteiger charge is 2.03. The molecule has 41 heavy (non-hydrogen) atoms. The van der Waals surface area contributed by atoms with Crippen molar-refractivity contribution in [3.05, 3.63) is 114 Å². The minimum atomic E-state index is 0.796. The summed E-state index contributed by atoms with van der Waals surface area (Å²) in [6.45, 7) is 13.4. The number of rotatable bonds is 4. The Labute approximate surface area is 244 Å². The van der Waals surface area contributed by atoms with Gasteiger partial charge in [0.25, 0.3) is 0 Å². The van der Waals surface area contributed by atoms with Gasteiger partial charge < -0.3 is 32.4 Å². The minimum Gasteiger partial charge on any atom is -0.497 e. The Hall–Kier alpha value is -5.11. The van der Waals surface area contributed by atoms with Crippen molar-refractivity contribution in [1.82, 2.24) is 9.97 Å². The summed E-state index contributed by atoms with van der Waals surface area (Å²) in [7, 11) is 1.64. The van der Waals surface area contributed by atoms with Crippen molar-refractivity contribution in [3.63, 3.8) is 0 Å². The van der Waals surface area contributed by atoms with Crippen LogP contribution in [0.1, 0.15) is 27.8 Å². The number of anilines is 2. The molecule has 0 aliphatic heterocycles. The van der Waals surface area contributed by atoms with Crippen LogP contribution in [-0.2, 0) is 0 Å². The zero-order valence-corrected chi connectivity index (χ0v) is 24.9. The molecule has 0 bridgehead atoms. The molecule has 3 aromatic carbocycles. The van der Waals surface area contributed by atoms with E-state index in [-0.39, 0.29) is 0 Å². The summed E-state index contributed by atoms with van der Waals surface area (Å²) in [4.78, 5) is 8.46. The van der Waals surface area contributed by atoms with E-state index in [1.807, 2.05) is 50.2 Å². The normalized spacial score (nSPS) is 8.83. The first-order valence-corrected chi connectivity index (χ1v) is 12.7. The van der Waals surface area contributed by atoms with Crippen molar-refractivity contribution in [3.8, 4) is 17.1 Å². The van der Waals surface area contributed by atoms with Crippen LogP contribution in [0.2, 0.25) is 0 Å². The van der Waals surface area contributed by atoms with Crippen molar-refractivity contribution < 1.29 is 4.74 Å². The molecular weight excluding hydrogens is 510 g/mol. The standard InChI is InChI=1S/C12H12N2.C8H11NO.C8H11N.C3H5N.C2H4N2/c1-9-4-5-11(10(2)8-9)12-13-6-3-7-14-12;1-6-5-7(10-2)3-4-8(6)9;1-6-3-4-8(9)7(2)5-6;1-2-3-4;3-1-2-4/h3-8H,1-2H3;3-5H,9H2,1-2H3;3-5H,9H2,1-2H3;2-4H,1H2;1-4H. The highest BCUT2D eigenvalue weighted by molar-refractivity contribution is 6.12. The van der Waals surface area contributed by atoms with Crippen LogP contribution in [0.5, 0.6) is 5.75 Å². The fourth-order valence-corrected chi connectivity index (χ4v) is 3.10. The number of allylic oxidation sites excluding steroid dienone is 1. The predicted molar refractivity (Wildman–Crippen MR) is 176 cm³/mol. The molecule has 7 N–H and O–H groups in total. The van der Waals surface area contributed by atoms with Gasteiger partial charge in [0.2, 0.25) is 0 Å². The lowest BCUT2D eigenvalue weighted by Gasteiger charge is -2.04. The summed E-state index contributed by atoms with van der Waals surface area (Å²) in [5.74, 6) is 1.65. The second-order valence-corrected chi connectivity index (χ2v) is 8.71. The number of nitrogens with zero attached hydrogens (tertiary/aromatic N) is 2. The maximum Gasteiger partial charge on any atom is 0.159 e. The van der Waals surface area contributed by atoms with Crippen LogP contribution in [0.25, 0.3) is 11.4 Å². The van der Waals surface area contributed by atoms with Crippen LogP contribution < -0.4 is 16.2 Å². The van der Waals surface area contributed by atoms with Crippen molar-refractivity contribution >= 4 is 30.0 Å². The van der Waals surface area contributed by atoms with E-state index in [1.54, 1.807) is 19.5 Å². The SMILES string of the molecule is C=CC=N.COc1ccc(N)c(C)c1.Cc1ccc(-c2ncccn2)c(C)c1.Cc1ccc(N)c(C)c1.N=CC=N. The van der Waals surface area contributed by atoms with Gasteiger partial charge in [-0.05, 0) is 81.6 Å². The molecule has 0 amide bonds. The third-order valence-corrected chi connectivity index (χ3v) is 5.29. The Bertz CT molecular complexity index is 1350. The van der Waals surface area contributed by atoms with Crippen LogP contribution >= 0.6 is 0 Å². The number of hydrogen-bond donors (Lipinski definition) is 5. The third-order valence-electron chi connectivity index (χ3n) is 5.29. The quantitative estimate of drug-likeness (QED) is 0.132. The molecule has 0 unspecified atom stereocenters. The number of ether oxygens (including phenoxy) is 1. The summed E-state index contributed by atoms with van der Waals surface area (Å²) in [5, 5.41) is 18.4. The zero-order chi connectivity index (χ0) is 31.2. The van der Waals surface area contributed by atoms with E-state index in [9.17, 15) is 0 Å². The van der Waals surface area contributed by atoms with Crippen molar-refractivity contribution in [1.29, 1.82) is 16.2 Å². The monoisotopic (exact) mass is 553 g/mol. The van der Waals surface area contributed by atoms with E-state index in [4.69, 9.17) is 32.4 Å². The number of nitrogens with two attached hydrogens (primary N) is 2. The molecule has 0 atom stereocenters. The zero-order valence-electron chi connectivity index (χ0n) is 24.9. The number of methoxy groups -OCH3 is 1. The Balaban J connectivity index is 0.000000529. The van der Waals surface area contributed by atoms with Gasteiger partial charge in [-0.2, -0.15) is 0 Å². The lowest BCUT2D eigenvalue weighted by Crippen LogP contribution is -1.90. The molecule has 216 valence electrons. The molecular formula is C33H43N7O. The summed E-state index contributed by atoms with van der Waals surface area (Å²) < 4.78 is 4.99. The Morgan fingerprint density at radius 1 is 0.683 bits per heavy atom. The first-order valence-electron chi connectivity index (χ1n) is 12.7. The maximum atomic E-state index is 6.21. The molecule has 0 aliphatic carbocycles. The fourth-order valence-electron chi connectivity index (χ4n) is 3.10. The lowest BCUT2D eigenvalue weighted by molar-refractivity contribution is 0.414.